The predicted octanol–water partition coefficient (Wildman–Crippen LogP) is 1.04. The van der Waals surface area contributed by atoms with E-state index < -0.39 is 10.0 Å². The number of anilines is 1. The van der Waals surface area contributed by atoms with Gasteiger partial charge in [-0.3, -0.25) is 9.40 Å². The van der Waals surface area contributed by atoms with Crippen LogP contribution in [0.15, 0.2) is 12.4 Å². The average Bonchev–Trinajstić information content (AvgIpc) is 2.90. The van der Waals surface area contributed by atoms with Gasteiger partial charge in [0.1, 0.15) is 0 Å². The van der Waals surface area contributed by atoms with Crippen LogP contribution in [0, 0.1) is 0 Å². The number of rotatable bonds is 6. The van der Waals surface area contributed by atoms with E-state index in [-0.39, 0.29) is 17.7 Å². The molecule has 18 heavy (non-hydrogen) atoms. The van der Waals surface area contributed by atoms with Crippen molar-refractivity contribution in [3.8, 4) is 0 Å². The molecule has 2 rings (SSSR count). The van der Waals surface area contributed by atoms with E-state index in [4.69, 9.17) is 16.3 Å². The van der Waals surface area contributed by atoms with Gasteiger partial charge in [-0.1, -0.05) is 0 Å². The Hall–Kier alpha value is -0.790. The number of ether oxygens (including phenoxy) is 1. The van der Waals surface area contributed by atoms with Crippen molar-refractivity contribution < 1.29 is 13.2 Å². The quantitative estimate of drug-likeness (QED) is 0.796. The highest BCUT2D eigenvalue weighted by Crippen LogP contribution is 2.15. The van der Waals surface area contributed by atoms with Gasteiger partial charge >= 0.3 is 0 Å². The minimum Gasteiger partial charge on any atom is -0.376 e. The van der Waals surface area contributed by atoms with Gasteiger partial charge in [-0.15, -0.1) is 11.6 Å². The van der Waals surface area contributed by atoms with Crippen LogP contribution in [-0.4, -0.2) is 42.5 Å². The number of hydrogen-bond acceptors (Lipinski definition) is 4. The van der Waals surface area contributed by atoms with Crippen LogP contribution in [0.3, 0.4) is 0 Å². The van der Waals surface area contributed by atoms with Crippen LogP contribution >= 0.6 is 11.6 Å². The van der Waals surface area contributed by atoms with Crippen LogP contribution in [-0.2, 0) is 21.3 Å². The molecule has 0 spiro atoms. The van der Waals surface area contributed by atoms with Crippen LogP contribution in [0.25, 0.3) is 0 Å². The Morgan fingerprint density at radius 2 is 2.44 bits per heavy atom. The van der Waals surface area contributed by atoms with Crippen molar-refractivity contribution in [2.75, 3.05) is 23.0 Å². The highest BCUT2D eigenvalue weighted by Gasteiger charge is 2.17. The average molecular weight is 294 g/mol. The van der Waals surface area contributed by atoms with Gasteiger partial charge in [0.25, 0.3) is 0 Å². The lowest BCUT2D eigenvalue weighted by atomic mass is 10.2. The van der Waals surface area contributed by atoms with Gasteiger partial charge in [0.15, 0.2) is 0 Å². The molecule has 0 bridgehead atoms. The van der Waals surface area contributed by atoms with Crippen molar-refractivity contribution >= 4 is 27.3 Å². The third-order valence-electron chi connectivity index (χ3n) is 2.67. The molecule has 1 N–H and O–H groups in total. The van der Waals surface area contributed by atoms with E-state index in [1.54, 1.807) is 10.9 Å². The van der Waals surface area contributed by atoms with Crippen molar-refractivity contribution in [2.24, 2.45) is 0 Å². The van der Waals surface area contributed by atoms with Gasteiger partial charge in [-0.05, 0) is 12.8 Å². The van der Waals surface area contributed by atoms with Crippen molar-refractivity contribution in [1.82, 2.24) is 9.78 Å². The van der Waals surface area contributed by atoms with E-state index in [0.29, 0.717) is 12.2 Å². The van der Waals surface area contributed by atoms with Crippen molar-refractivity contribution in [2.45, 2.75) is 25.5 Å². The normalized spacial score (nSPS) is 20.2. The van der Waals surface area contributed by atoms with Gasteiger partial charge in [0.05, 0.1) is 30.3 Å². The molecule has 1 saturated heterocycles. The second-order valence-electron chi connectivity index (χ2n) is 4.20. The lowest BCUT2D eigenvalue weighted by Gasteiger charge is -2.08. The Morgan fingerprint density at radius 3 is 3.11 bits per heavy atom. The number of halogens is 1. The summed E-state index contributed by atoms with van der Waals surface area (Å²) in [7, 11) is -3.37. The summed E-state index contributed by atoms with van der Waals surface area (Å²) in [6.45, 7) is 1.44. The Morgan fingerprint density at radius 1 is 1.61 bits per heavy atom. The second-order valence-corrected chi connectivity index (χ2v) is 6.42. The number of nitrogens with one attached hydrogen (secondary N) is 1. The maximum atomic E-state index is 11.5. The standard InChI is InChI=1S/C10H16ClN3O3S/c11-3-5-18(15,16)13-9-6-12-14(7-9)8-10-2-1-4-17-10/h6-7,10,13H,1-5,8H2. The minimum atomic E-state index is -3.37. The Labute approximate surface area is 111 Å². The molecule has 0 amide bonds. The molecule has 1 atom stereocenters. The Kier molecular flexibility index (Phi) is 4.47. The molecule has 1 unspecified atom stereocenters. The molecule has 1 aromatic rings. The summed E-state index contributed by atoms with van der Waals surface area (Å²) in [5.74, 6) is -0.0368. The number of aromatic nitrogens is 2. The topological polar surface area (TPSA) is 73.2 Å². The van der Waals surface area contributed by atoms with Crippen LogP contribution in [0.5, 0.6) is 0 Å². The molecular weight excluding hydrogens is 278 g/mol. The molecule has 102 valence electrons. The van der Waals surface area contributed by atoms with Gasteiger partial charge in [0.2, 0.25) is 10.0 Å². The predicted molar refractivity (Wildman–Crippen MR) is 69.3 cm³/mol. The molecule has 2 heterocycles. The van der Waals surface area contributed by atoms with Gasteiger partial charge in [0, 0.05) is 18.7 Å². The minimum absolute atomic E-state index is 0.0688. The largest absolute Gasteiger partial charge is 0.376 e. The molecule has 6 nitrogen and oxygen atoms in total. The number of sulfonamides is 1. The molecule has 1 aromatic heterocycles. The first-order valence-corrected chi connectivity index (χ1v) is 7.98. The lowest BCUT2D eigenvalue weighted by Crippen LogP contribution is -2.17. The van der Waals surface area contributed by atoms with E-state index in [9.17, 15) is 8.42 Å². The summed E-state index contributed by atoms with van der Waals surface area (Å²) >= 11 is 5.41. The molecule has 0 saturated carbocycles. The lowest BCUT2D eigenvalue weighted by molar-refractivity contribution is 0.0940. The van der Waals surface area contributed by atoms with E-state index in [1.807, 2.05) is 0 Å². The highest BCUT2D eigenvalue weighted by molar-refractivity contribution is 7.92. The molecule has 1 fully saturated rings. The third-order valence-corrected chi connectivity index (χ3v) is 4.37. The second kappa shape index (κ2) is 5.90. The maximum absolute atomic E-state index is 11.5. The first-order chi connectivity index (χ1) is 8.59. The zero-order chi connectivity index (χ0) is 13.0. The number of hydrogen-bond donors (Lipinski definition) is 1. The summed E-state index contributed by atoms with van der Waals surface area (Å²) in [5.41, 5.74) is 0.457. The molecule has 8 heteroatoms. The van der Waals surface area contributed by atoms with Gasteiger partial charge in [-0.2, -0.15) is 5.10 Å². The van der Waals surface area contributed by atoms with Gasteiger partial charge < -0.3 is 4.74 Å². The first kappa shape index (κ1) is 13.6. The zero-order valence-electron chi connectivity index (χ0n) is 9.88. The van der Waals surface area contributed by atoms with Crippen molar-refractivity contribution in [3.05, 3.63) is 12.4 Å². The van der Waals surface area contributed by atoms with Gasteiger partial charge in [-0.25, -0.2) is 8.42 Å². The molecule has 0 aromatic carbocycles. The smallest absolute Gasteiger partial charge is 0.234 e. The monoisotopic (exact) mass is 293 g/mol. The summed E-state index contributed by atoms with van der Waals surface area (Å²) < 4.78 is 32.6. The molecule has 0 radical (unpaired) electrons. The van der Waals surface area contributed by atoms with Crippen LogP contribution in [0.1, 0.15) is 12.8 Å². The summed E-state index contributed by atoms with van der Waals surface area (Å²) in [6, 6.07) is 0. The number of alkyl halides is 1. The highest BCUT2D eigenvalue weighted by atomic mass is 35.5. The molecule has 1 aliphatic heterocycles. The summed E-state index contributed by atoms with van der Waals surface area (Å²) in [6.07, 6.45) is 5.42. The fourth-order valence-corrected chi connectivity index (χ4v) is 3.22. The van der Waals surface area contributed by atoms with E-state index in [2.05, 4.69) is 9.82 Å². The van der Waals surface area contributed by atoms with E-state index in [1.165, 1.54) is 6.20 Å². The Balaban J connectivity index is 1.93. The van der Waals surface area contributed by atoms with Crippen LogP contribution in [0.4, 0.5) is 5.69 Å². The van der Waals surface area contributed by atoms with Crippen molar-refractivity contribution in [3.63, 3.8) is 0 Å². The SMILES string of the molecule is O=S(=O)(CCCl)Nc1cnn(CC2CCCO2)c1. The van der Waals surface area contributed by atoms with Crippen LogP contribution < -0.4 is 4.72 Å². The molecule has 1 aliphatic rings. The summed E-state index contributed by atoms with van der Waals surface area (Å²) in [5, 5.41) is 4.10. The fourth-order valence-electron chi connectivity index (χ4n) is 1.85. The maximum Gasteiger partial charge on any atom is 0.234 e. The van der Waals surface area contributed by atoms with E-state index in [0.717, 1.165) is 19.4 Å². The Bertz CT molecular complexity index is 482. The summed E-state index contributed by atoms with van der Waals surface area (Å²) in [4.78, 5) is 0. The third kappa shape index (κ3) is 3.86. The van der Waals surface area contributed by atoms with E-state index >= 15 is 0 Å². The van der Waals surface area contributed by atoms with Crippen molar-refractivity contribution in [1.29, 1.82) is 0 Å². The van der Waals surface area contributed by atoms with Crippen LogP contribution in [0.2, 0.25) is 0 Å². The molecular formula is C10H16ClN3O3S. The number of nitrogens with zero attached hydrogens (tertiary/aromatic N) is 2. The zero-order valence-corrected chi connectivity index (χ0v) is 11.5. The fraction of sp³-hybridized carbons (Fsp3) is 0.700. The molecule has 0 aliphatic carbocycles. The first-order valence-electron chi connectivity index (χ1n) is 5.79.